The highest BCUT2D eigenvalue weighted by molar-refractivity contribution is 6.02. The van der Waals surface area contributed by atoms with E-state index in [4.69, 9.17) is 19.0 Å². The minimum Gasteiger partial charge on any atom is -0.494 e. The first-order valence-electron chi connectivity index (χ1n) is 12.0. The summed E-state index contributed by atoms with van der Waals surface area (Å²) in [6, 6.07) is 5.96. The van der Waals surface area contributed by atoms with Crippen LogP contribution < -0.4 is 15.4 Å². The molecule has 2 aliphatic heterocycles. The Kier molecular flexibility index (Phi) is 9.09. The van der Waals surface area contributed by atoms with Gasteiger partial charge in [-0.2, -0.15) is 0 Å². The number of aryl methyl sites for hydroxylation is 1. The van der Waals surface area contributed by atoms with Crippen LogP contribution in [0.1, 0.15) is 40.4 Å². The van der Waals surface area contributed by atoms with Gasteiger partial charge in [-0.1, -0.05) is 11.2 Å². The predicted molar refractivity (Wildman–Crippen MR) is 130 cm³/mol. The first-order valence-corrected chi connectivity index (χ1v) is 12.0. The molecule has 1 aromatic carbocycles. The molecule has 1 amide bonds. The Balaban J connectivity index is 1.30. The molecule has 198 valence electrons. The first kappa shape index (κ1) is 26.6. The van der Waals surface area contributed by atoms with Crippen LogP contribution in [-0.2, 0) is 25.7 Å². The normalized spacial score (nSPS) is 21.2. The molecular formula is C25H30FN5O6. The number of ether oxygens (including phenoxy) is 3. The van der Waals surface area contributed by atoms with E-state index in [0.717, 1.165) is 6.29 Å². The molecular weight excluding hydrogens is 485 g/mol. The van der Waals surface area contributed by atoms with E-state index in [1.807, 2.05) is 0 Å². The quantitative estimate of drug-likeness (QED) is 0.336. The second-order valence-corrected chi connectivity index (χ2v) is 8.71. The number of rotatable bonds is 11. The summed E-state index contributed by atoms with van der Waals surface area (Å²) in [7, 11) is 1.38. The van der Waals surface area contributed by atoms with Crippen molar-refractivity contribution >= 4 is 17.9 Å². The van der Waals surface area contributed by atoms with Gasteiger partial charge in [-0.3, -0.25) is 4.79 Å². The summed E-state index contributed by atoms with van der Waals surface area (Å²) in [4.78, 5) is 37.4. The largest absolute Gasteiger partial charge is 0.494 e. The van der Waals surface area contributed by atoms with Crippen LogP contribution in [0.2, 0.25) is 0 Å². The topological polar surface area (TPSA) is 133 Å². The van der Waals surface area contributed by atoms with E-state index in [2.05, 4.69) is 25.8 Å². The average molecular weight is 516 g/mol. The second-order valence-electron chi connectivity index (χ2n) is 8.71. The molecule has 3 atom stereocenters. The SMILES string of the molecule is COc1cc(CNC(=O)c2cc(C3=NO[C@H]([C@H]4CO[C@H](CNCCC=O)CO4)C3)nc(C)n2)ccc1F. The standard InChI is InChI=1S/C25H30FN5O6/c1-15-29-19(9-21(30-15)25(33)28-11-16-4-5-18(26)22(8-16)34-2)20-10-23(37-31-20)24-14-35-17(13-36-24)12-27-6-3-7-32/h4-5,7-9,17,23-24,27H,3,6,10-14H2,1-2H3,(H,28,33)/t17-,23+,24-/m1/s1. The summed E-state index contributed by atoms with van der Waals surface area (Å²) in [5.74, 6) is -0.350. The fourth-order valence-corrected chi connectivity index (χ4v) is 3.98. The van der Waals surface area contributed by atoms with Crippen LogP contribution in [0, 0.1) is 12.7 Å². The Hall–Kier alpha value is -3.48. The van der Waals surface area contributed by atoms with Crippen LogP contribution in [0.25, 0.3) is 0 Å². The Labute approximate surface area is 213 Å². The minimum atomic E-state index is -0.473. The number of carbonyl (C=O) groups excluding carboxylic acids is 2. The van der Waals surface area contributed by atoms with Crippen molar-refractivity contribution in [3.8, 4) is 5.75 Å². The van der Waals surface area contributed by atoms with Gasteiger partial charge in [0.2, 0.25) is 0 Å². The number of oxime groups is 1. The Bertz CT molecular complexity index is 1140. The highest BCUT2D eigenvalue weighted by atomic mass is 19.1. The lowest BCUT2D eigenvalue weighted by Gasteiger charge is -2.31. The van der Waals surface area contributed by atoms with E-state index in [1.54, 1.807) is 19.1 Å². The van der Waals surface area contributed by atoms with Crippen molar-refractivity contribution in [3.63, 3.8) is 0 Å². The molecule has 1 saturated heterocycles. The van der Waals surface area contributed by atoms with E-state index in [9.17, 15) is 14.0 Å². The van der Waals surface area contributed by atoms with E-state index < -0.39 is 11.7 Å². The van der Waals surface area contributed by atoms with Crippen LogP contribution >= 0.6 is 0 Å². The lowest BCUT2D eigenvalue weighted by Crippen LogP contribution is -2.46. The van der Waals surface area contributed by atoms with E-state index in [1.165, 1.54) is 19.2 Å². The maximum absolute atomic E-state index is 13.6. The van der Waals surface area contributed by atoms with Gasteiger partial charge in [-0.15, -0.1) is 0 Å². The molecule has 3 heterocycles. The molecule has 2 aromatic rings. The summed E-state index contributed by atoms with van der Waals surface area (Å²) < 4.78 is 30.4. The third kappa shape index (κ3) is 7.06. The molecule has 0 bridgehead atoms. The average Bonchev–Trinajstić information content (AvgIpc) is 3.41. The number of benzene rings is 1. The van der Waals surface area contributed by atoms with Gasteiger partial charge >= 0.3 is 0 Å². The number of aldehydes is 1. The zero-order valence-corrected chi connectivity index (χ0v) is 20.7. The van der Waals surface area contributed by atoms with Crippen molar-refractivity contribution < 1.29 is 33.0 Å². The molecule has 1 fully saturated rings. The summed E-state index contributed by atoms with van der Waals surface area (Å²) in [5, 5.41) is 10.1. The van der Waals surface area contributed by atoms with Gasteiger partial charge in [0.1, 0.15) is 29.6 Å². The highest BCUT2D eigenvalue weighted by Crippen LogP contribution is 2.23. The third-order valence-electron chi connectivity index (χ3n) is 5.95. The molecule has 0 aliphatic carbocycles. The van der Waals surface area contributed by atoms with Crippen LogP contribution in [-0.4, -0.2) is 79.6 Å². The number of carbonyl (C=O) groups is 2. The van der Waals surface area contributed by atoms with E-state index in [-0.39, 0.29) is 36.3 Å². The molecule has 0 unspecified atom stereocenters. The van der Waals surface area contributed by atoms with Crippen molar-refractivity contribution in [1.82, 2.24) is 20.6 Å². The van der Waals surface area contributed by atoms with Gasteiger partial charge in [0, 0.05) is 32.5 Å². The Morgan fingerprint density at radius 2 is 2.08 bits per heavy atom. The molecule has 1 aromatic heterocycles. The number of amides is 1. The second kappa shape index (κ2) is 12.7. The highest BCUT2D eigenvalue weighted by Gasteiger charge is 2.35. The molecule has 2 aliphatic rings. The number of nitrogens with one attached hydrogen (secondary N) is 2. The van der Waals surface area contributed by atoms with Crippen molar-refractivity contribution in [2.45, 2.75) is 44.6 Å². The molecule has 4 rings (SSSR count). The Morgan fingerprint density at radius 1 is 1.22 bits per heavy atom. The summed E-state index contributed by atoms with van der Waals surface area (Å²) in [5.41, 5.74) is 1.96. The number of aromatic nitrogens is 2. The summed E-state index contributed by atoms with van der Waals surface area (Å²) in [6.07, 6.45) is 1.07. The maximum Gasteiger partial charge on any atom is 0.270 e. The fraction of sp³-hybridized carbons (Fsp3) is 0.480. The minimum absolute atomic E-state index is 0.0914. The van der Waals surface area contributed by atoms with Crippen molar-refractivity contribution in [1.29, 1.82) is 0 Å². The molecule has 0 spiro atoms. The molecule has 11 nitrogen and oxygen atoms in total. The number of methoxy groups -OCH3 is 1. The Morgan fingerprint density at radius 3 is 2.84 bits per heavy atom. The third-order valence-corrected chi connectivity index (χ3v) is 5.95. The first-order chi connectivity index (χ1) is 18.0. The van der Waals surface area contributed by atoms with Gasteiger partial charge in [-0.25, -0.2) is 14.4 Å². The van der Waals surface area contributed by atoms with Crippen LogP contribution in [0.3, 0.4) is 0 Å². The maximum atomic E-state index is 13.6. The number of halogens is 1. The van der Waals surface area contributed by atoms with Crippen molar-refractivity contribution in [2.24, 2.45) is 5.16 Å². The van der Waals surface area contributed by atoms with Crippen molar-refractivity contribution in [3.05, 3.63) is 52.9 Å². The van der Waals surface area contributed by atoms with E-state index >= 15 is 0 Å². The zero-order valence-electron chi connectivity index (χ0n) is 20.7. The van der Waals surface area contributed by atoms with E-state index in [0.29, 0.717) is 61.9 Å². The monoisotopic (exact) mass is 515 g/mol. The van der Waals surface area contributed by atoms with Gasteiger partial charge in [0.05, 0.1) is 32.1 Å². The summed E-state index contributed by atoms with van der Waals surface area (Å²) >= 11 is 0. The van der Waals surface area contributed by atoms with Gasteiger partial charge in [-0.05, 0) is 30.7 Å². The molecule has 0 radical (unpaired) electrons. The van der Waals surface area contributed by atoms with Crippen LogP contribution in [0.4, 0.5) is 4.39 Å². The molecule has 0 saturated carbocycles. The van der Waals surface area contributed by atoms with Crippen molar-refractivity contribution in [2.75, 3.05) is 33.4 Å². The smallest absolute Gasteiger partial charge is 0.270 e. The van der Waals surface area contributed by atoms with Crippen LogP contribution in [0.15, 0.2) is 29.4 Å². The lowest BCUT2D eigenvalue weighted by atomic mass is 10.0. The number of hydrogen-bond acceptors (Lipinski definition) is 10. The molecule has 37 heavy (non-hydrogen) atoms. The molecule has 2 N–H and O–H groups in total. The molecule has 12 heteroatoms. The number of hydrogen-bond donors (Lipinski definition) is 2. The zero-order chi connectivity index (χ0) is 26.2. The predicted octanol–water partition coefficient (Wildman–Crippen LogP) is 1.32. The van der Waals surface area contributed by atoms with Gasteiger partial charge in [0.15, 0.2) is 17.7 Å². The summed E-state index contributed by atoms with van der Waals surface area (Å²) in [6.45, 7) is 3.85. The van der Waals surface area contributed by atoms with Gasteiger partial charge in [0.25, 0.3) is 5.91 Å². The number of nitrogens with zero attached hydrogens (tertiary/aromatic N) is 3. The fourth-order valence-electron chi connectivity index (χ4n) is 3.98. The van der Waals surface area contributed by atoms with Crippen LogP contribution in [0.5, 0.6) is 5.75 Å². The lowest BCUT2D eigenvalue weighted by molar-refractivity contribution is -0.169. The van der Waals surface area contributed by atoms with Gasteiger partial charge < -0.3 is 34.5 Å².